The summed E-state index contributed by atoms with van der Waals surface area (Å²) < 4.78 is 29.0. The van der Waals surface area contributed by atoms with Gasteiger partial charge in [0.2, 0.25) is 10.0 Å². The third-order valence-electron chi connectivity index (χ3n) is 3.45. The molecule has 2 aromatic rings. The molecule has 142 valence electrons. The average Bonchev–Trinajstić information content (AvgIpc) is 2.95. The molecular formula is C15H19Cl2N5O3S. The second kappa shape index (κ2) is 8.34. The van der Waals surface area contributed by atoms with Gasteiger partial charge in [-0.25, -0.2) is 13.1 Å². The van der Waals surface area contributed by atoms with E-state index in [9.17, 15) is 13.2 Å². The Morgan fingerprint density at radius 1 is 1.27 bits per heavy atom. The first-order valence-corrected chi connectivity index (χ1v) is 9.95. The van der Waals surface area contributed by atoms with Gasteiger partial charge in [-0.15, -0.1) is 10.2 Å². The van der Waals surface area contributed by atoms with E-state index in [2.05, 4.69) is 20.2 Å². The topological polar surface area (TPSA) is 106 Å². The lowest BCUT2D eigenvalue weighted by molar-refractivity contribution is 0.0949. The monoisotopic (exact) mass is 419 g/mol. The SMILES string of the molecule is CC(C)CNS(=O)(=O)c1cc(C(=O)NCc2nncn2C)c(Cl)cc1Cl. The Morgan fingerprint density at radius 3 is 2.54 bits per heavy atom. The van der Waals surface area contributed by atoms with Gasteiger partial charge in [0.15, 0.2) is 5.82 Å². The quantitative estimate of drug-likeness (QED) is 0.713. The summed E-state index contributed by atoms with van der Waals surface area (Å²) in [6.07, 6.45) is 1.50. The van der Waals surface area contributed by atoms with Gasteiger partial charge in [0.1, 0.15) is 11.2 Å². The number of aromatic nitrogens is 3. The molecule has 1 amide bonds. The largest absolute Gasteiger partial charge is 0.345 e. The number of carbonyl (C=O) groups is 1. The van der Waals surface area contributed by atoms with Gasteiger partial charge >= 0.3 is 0 Å². The Morgan fingerprint density at radius 2 is 1.96 bits per heavy atom. The van der Waals surface area contributed by atoms with Crippen LogP contribution in [-0.4, -0.2) is 35.6 Å². The van der Waals surface area contributed by atoms with Crippen molar-refractivity contribution in [2.75, 3.05) is 6.54 Å². The second-order valence-corrected chi connectivity index (χ2v) is 8.60. The fourth-order valence-electron chi connectivity index (χ4n) is 1.98. The zero-order valence-electron chi connectivity index (χ0n) is 14.5. The van der Waals surface area contributed by atoms with Crippen molar-refractivity contribution in [1.82, 2.24) is 24.8 Å². The van der Waals surface area contributed by atoms with Gasteiger partial charge in [-0.3, -0.25) is 4.79 Å². The van der Waals surface area contributed by atoms with Gasteiger partial charge in [0.05, 0.1) is 22.2 Å². The summed E-state index contributed by atoms with van der Waals surface area (Å²) in [5.74, 6) is 0.106. The van der Waals surface area contributed by atoms with Crippen molar-refractivity contribution in [2.24, 2.45) is 13.0 Å². The molecule has 0 atom stereocenters. The highest BCUT2D eigenvalue weighted by Gasteiger charge is 2.23. The van der Waals surface area contributed by atoms with Crippen molar-refractivity contribution in [1.29, 1.82) is 0 Å². The zero-order chi connectivity index (χ0) is 19.5. The second-order valence-electron chi connectivity index (χ2n) is 6.05. The molecule has 1 heterocycles. The van der Waals surface area contributed by atoms with Crippen LogP contribution >= 0.6 is 23.2 Å². The standard InChI is InChI=1S/C15H19Cl2N5O3S/c1-9(2)6-20-26(24,25)13-4-10(11(16)5-12(13)17)15(23)18-7-14-21-19-8-22(14)3/h4-5,8-9,20H,6-7H2,1-3H3,(H,18,23). The van der Waals surface area contributed by atoms with Gasteiger partial charge in [0.25, 0.3) is 5.91 Å². The molecule has 11 heteroatoms. The summed E-state index contributed by atoms with van der Waals surface area (Å²) >= 11 is 12.1. The molecule has 0 spiro atoms. The van der Waals surface area contributed by atoms with E-state index in [0.717, 1.165) is 0 Å². The number of nitrogens with one attached hydrogen (secondary N) is 2. The molecule has 0 saturated heterocycles. The Hall–Kier alpha value is -1.68. The van der Waals surface area contributed by atoms with E-state index in [1.54, 1.807) is 11.6 Å². The highest BCUT2D eigenvalue weighted by atomic mass is 35.5. The zero-order valence-corrected chi connectivity index (χ0v) is 16.8. The van der Waals surface area contributed by atoms with E-state index in [-0.39, 0.29) is 39.5 Å². The summed E-state index contributed by atoms with van der Waals surface area (Å²) in [5, 5.41) is 10.2. The third-order valence-corrected chi connectivity index (χ3v) is 5.65. The Bertz CT molecular complexity index is 912. The lowest BCUT2D eigenvalue weighted by atomic mass is 10.2. The molecule has 0 aliphatic heterocycles. The average molecular weight is 420 g/mol. The van der Waals surface area contributed by atoms with Crippen LogP contribution in [0.3, 0.4) is 0 Å². The van der Waals surface area contributed by atoms with Crippen LogP contribution in [0.15, 0.2) is 23.4 Å². The molecule has 2 N–H and O–H groups in total. The number of nitrogens with zero attached hydrogens (tertiary/aromatic N) is 3. The minimum Gasteiger partial charge on any atom is -0.345 e. The van der Waals surface area contributed by atoms with E-state index >= 15 is 0 Å². The van der Waals surface area contributed by atoms with Gasteiger partial charge in [-0.1, -0.05) is 37.0 Å². The summed E-state index contributed by atoms with van der Waals surface area (Å²) in [7, 11) is -2.13. The van der Waals surface area contributed by atoms with Crippen LogP contribution in [0.4, 0.5) is 0 Å². The molecule has 1 aromatic carbocycles. The Labute approximate surface area is 161 Å². The molecule has 0 bridgehead atoms. The number of sulfonamides is 1. The van der Waals surface area contributed by atoms with Crippen LogP contribution in [-0.2, 0) is 23.6 Å². The first kappa shape index (κ1) is 20.6. The predicted octanol–water partition coefficient (Wildman–Crippen LogP) is 1.99. The summed E-state index contributed by atoms with van der Waals surface area (Å²) in [4.78, 5) is 12.2. The van der Waals surface area contributed by atoms with Crippen LogP contribution < -0.4 is 10.0 Å². The molecule has 0 unspecified atom stereocenters. The Kier molecular flexibility index (Phi) is 6.62. The van der Waals surface area contributed by atoms with Crippen LogP contribution in [0.25, 0.3) is 0 Å². The van der Waals surface area contributed by atoms with Crippen molar-refractivity contribution in [3.8, 4) is 0 Å². The number of benzene rings is 1. The van der Waals surface area contributed by atoms with Gasteiger partial charge < -0.3 is 9.88 Å². The smallest absolute Gasteiger partial charge is 0.253 e. The van der Waals surface area contributed by atoms with E-state index in [1.807, 2.05) is 13.8 Å². The lowest BCUT2D eigenvalue weighted by Crippen LogP contribution is -2.29. The van der Waals surface area contributed by atoms with Crippen LogP contribution in [0.2, 0.25) is 10.0 Å². The first-order chi connectivity index (χ1) is 12.1. The van der Waals surface area contributed by atoms with Crippen molar-refractivity contribution in [3.63, 3.8) is 0 Å². The number of hydrogen-bond donors (Lipinski definition) is 2. The fraction of sp³-hybridized carbons (Fsp3) is 0.400. The maximum atomic E-state index is 12.4. The summed E-state index contributed by atoms with van der Waals surface area (Å²) in [5.41, 5.74) is 0.00292. The fourth-order valence-corrected chi connectivity index (χ4v) is 4.06. The molecule has 0 aliphatic rings. The number of rotatable bonds is 7. The normalized spacial score (nSPS) is 11.8. The minimum atomic E-state index is -3.87. The maximum Gasteiger partial charge on any atom is 0.253 e. The number of hydrogen-bond acceptors (Lipinski definition) is 5. The molecule has 26 heavy (non-hydrogen) atoms. The maximum absolute atomic E-state index is 12.4. The van der Waals surface area contributed by atoms with Crippen molar-refractivity contribution in [3.05, 3.63) is 39.9 Å². The van der Waals surface area contributed by atoms with Crippen molar-refractivity contribution < 1.29 is 13.2 Å². The minimum absolute atomic E-state index is 0.00292. The van der Waals surface area contributed by atoms with Crippen molar-refractivity contribution >= 4 is 39.1 Å². The van der Waals surface area contributed by atoms with Gasteiger partial charge in [-0.2, -0.15) is 0 Å². The number of amides is 1. The van der Waals surface area contributed by atoms with E-state index in [0.29, 0.717) is 5.82 Å². The predicted molar refractivity (Wildman–Crippen MR) is 98.7 cm³/mol. The van der Waals surface area contributed by atoms with E-state index in [1.165, 1.54) is 18.5 Å². The van der Waals surface area contributed by atoms with E-state index in [4.69, 9.17) is 23.2 Å². The Balaban J connectivity index is 2.26. The van der Waals surface area contributed by atoms with Gasteiger partial charge in [0, 0.05) is 13.6 Å². The van der Waals surface area contributed by atoms with Gasteiger partial charge in [-0.05, 0) is 18.1 Å². The number of aryl methyl sites for hydroxylation is 1. The molecule has 0 aliphatic carbocycles. The van der Waals surface area contributed by atoms with Crippen LogP contribution in [0.1, 0.15) is 30.0 Å². The third kappa shape index (κ3) is 4.94. The highest BCUT2D eigenvalue weighted by molar-refractivity contribution is 7.89. The highest BCUT2D eigenvalue weighted by Crippen LogP contribution is 2.28. The molecule has 8 nitrogen and oxygen atoms in total. The number of halogens is 2. The molecule has 1 aromatic heterocycles. The lowest BCUT2D eigenvalue weighted by Gasteiger charge is -2.13. The van der Waals surface area contributed by atoms with E-state index < -0.39 is 15.9 Å². The first-order valence-electron chi connectivity index (χ1n) is 7.71. The molecular weight excluding hydrogens is 401 g/mol. The molecule has 0 fully saturated rings. The van der Waals surface area contributed by atoms with Crippen LogP contribution in [0, 0.1) is 5.92 Å². The molecule has 0 saturated carbocycles. The van der Waals surface area contributed by atoms with Crippen molar-refractivity contribution in [2.45, 2.75) is 25.3 Å². The van der Waals surface area contributed by atoms with Crippen LogP contribution in [0.5, 0.6) is 0 Å². The molecule has 2 rings (SSSR count). The summed E-state index contributed by atoms with van der Waals surface area (Å²) in [6.45, 7) is 4.10. The summed E-state index contributed by atoms with van der Waals surface area (Å²) in [6, 6.07) is 2.41. The number of carbonyl (C=O) groups excluding carboxylic acids is 1. The molecule has 0 radical (unpaired) electrons.